The van der Waals surface area contributed by atoms with Gasteiger partial charge in [0.25, 0.3) is 0 Å². The van der Waals surface area contributed by atoms with Crippen LogP contribution in [0.4, 0.5) is 0 Å². The first-order chi connectivity index (χ1) is 26.0. The third kappa shape index (κ3) is 5.24. The fourth-order valence-electron chi connectivity index (χ4n) is 8.21. The van der Waals surface area contributed by atoms with Gasteiger partial charge in [0.1, 0.15) is 0 Å². The summed E-state index contributed by atoms with van der Waals surface area (Å²) >= 11 is 0. The lowest BCUT2D eigenvalue weighted by atomic mass is 9.81. The molecule has 10 rings (SSSR count). The molecule has 0 atom stereocenters. The fourth-order valence-corrected chi connectivity index (χ4v) is 8.21. The summed E-state index contributed by atoms with van der Waals surface area (Å²) in [6.07, 6.45) is 1.84. The van der Waals surface area contributed by atoms with E-state index < -0.39 is 0 Å². The molecule has 2 aromatic heterocycles. The molecule has 9 aromatic rings. The third-order valence-corrected chi connectivity index (χ3v) is 10.9. The average Bonchev–Trinajstić information content (AvgIpc) is 3.45. The lowest BCUT2D eigenvalue weighted by molar-refractivity contribution is 0.661. The van der Waals surface area contributed by atoms with Gasteiger partial charge < -0.3 is 0 Å². The van der Waals surface area contributed by atoms with Gasteiger partial charge in [-0.2, -0.15) is 0 Å². The fraction of sp³-hybridized carbons (Fsp3) is 0.0600. The lowest BCUT2D eigenvalue weighted by Crippen LogP contribution is -2.14. The largest absolute Gasteiger partial charge is 0.256 e. The van der Waals surface area contributed by atoms with Crippen LogP contribution in [0.15, 0.2) is 176 Å². The molecule has 3 nitrogen and oxygen atoms in total. The number of benzene rings is 7. The zero-order valence-electron chi connectivity index (χ0n) is 29.6. The number of aromatic nitrogens is 3. The maximum absolute atomic E-state index is 5.22. The number of hydrogen-bond acceptors (Lipinski definition) is 3. The minimum Gasteiger partial charge on any atom is -0.256 e. The molecule has 0 fully saturated rings. The SMILES string of the molecule is CC1(C)c2cc3ccccc3cc2-c2c(-c3cccc(-c4cc(-c5ccccc5-c5ccc6ncccc6c5)nc(-c5ccccc5)n4)c3)cccc21. The molecule has 0 N–H and O–H groups in total. The van der Waals surface area contributed by atoms with Crippen molar-refractivity contribution in [3.8, 4) is 67.3 Å². The van der Waals surface area contributed by atoms with Crippen molar-refractivity contribution in [2.24, 2.45) is 0 Å². The zero-order valence-corrected chi connectivity index (χ0v) is 29.6. The minimum atomic E-state index is -0.108. The van der Waals surface area contributed by atoms with E-state index in [1.807, 2.05) is 30.5 Å². The van der Waals surface area contributed by atoms with E-state index in [4.69, 9.17) is 9.97 Å². The molecular weight excluding hydrogens is 643 g/mol. The van der Waals surface area contributed by atoms with Crippen LogP contribution in [-0.2, 0) is 5.41 Å². The van der Waals surface area contributed by atoms with Crippen molar-refractivity contribution in [2.75, 3.05) is 0 Å². The summed E-state index contributed by atoms with van der Waals surface area (Å²) in [4.78, 5) is 15.0. The maximum atomic E-state index is 5.22. The summed E-state index contributed by atoms with van der Waals surface area (Å²) in [5.41, 5.74) is 15.7. The summed E-state index contributed by atoms with van der Waals surface area (Å²) in [5, 5.41) is 3.65. The Hall–Kier alpha value is -6.71. The molecule has 1 aliphatic rings. The highest BCUT2D eigenvalue weighted by atomic mass is 14.9. The molecule has 0 bridgehead atoms. The van der Waals surface area contributed by atoms with Crippen LogP contribution in [0, 0.1) is 0 Å². The Morgan fingerprint density at radius 1 is 0.396 bits per heavy atom. The Morgan fingerprint density at radius 2 is 1.06 bits per heavy atom. The van der Waals surface area contributed by atoms with Crippen LogP contribution in [0.5, 0.6) is 0 Å². The topological polar surface area (TPSA) is 38.7 Å². The predicted molar refractivity (Wildman–Crippen MR) is 220 cm³/mol. The minimum absolute atomic E-state index is 0.108. The van der Waals surface area contributed by atoms with Crippen molar-refractivity contribution in [2.45, 2.75) is 19.3 Å². The van der Waals surface area contributed by atoms with Crippen LogP contribution in [-0.4, -0.2) is 15.0 Å². The molecule has 0 saturated carbocycles. The van der Waals surface area contributed by atoms with Gasteiger partial charge in [0.15, 0.2) is 5.82 Å². The van der Waals surface area contributed by atoms with Gasteiger partial charge in [0, 0.05) is 33.7 Å². The van der Waals surface area contributed by atoms with Crippen molar-refractivity contribution in [3.05, 3.63) is 187 Å². The van der Waals surface area contributed by atoms with Gasteiger partial charge >= 0.3 is 0 Å². The molecule has 0 saturated heterocycles. The quantitative estimate of drug-likeness (QED) is 0.182. The van der Waals surface area contributed by atoms with Gasteiger partial charge in [-0.1, -0.05) is 141 Å². The van der Waals surface area contributed by atoms with Crippen LogP contribution >= 0.6 is 0 Å². The second-order valence-corrected chi connectivity index (χ2v) is 14.5. The van der Waals surface area contributed by atoms with E-state index in [0.29, 0.717) is 5.82 Å². The Morgan fingerprint density at radius 3 is 1.92 bits per heavy atom. The van der Waals surface area contributed by atoms with Gasteiger partial charge in [0.05, 0.1) is 16.9 Å². The van der Waals surface area contributed by atoms with Crippen LogP contribution in [0.25, 0.3) is 89.0 Å². The van der Waals surface area contributed by atoms with Crippen molar-refractivity contribution in [1.82, 2.24) is 15.0 Å². The van der Waals surface area contributed by atoms with Crippen molar-refractivity contribution in [3.63, 3.8) is 0 Å². The second kappa shape index (κ2) is 12.2. The van der Waals surface area contributed by atoms with Crippen molar-refractivity contribution < 1.29 is 0 Å². The number of hydrogen-bond donors (Lipinski definition) is 0. The van der Waals surface area contributed by atoms with Crippen LogP contribution in [0.3, 0.4) is 0 Å². The lowest BCUT2D eigenvalue weighted by Gasteiger charge is -2.22. The van der Waals surface area contributed by atoms with E-state index in [9.17, 15) is 0 Å². The second-order valence-electron chi connectivity index (χ2n) is 14.5. The van der Waals surface area contributed by atoms with E-state index in [2.05, 4.69) is 164 Å². The van der Waals surface area contributed by atoms with E-state index in [0.717, 1.165) is 50.1 Å². The van der Waals surface area contributed by atoms with Crippen LogP contribution in [0.1, 0.15) is 25.0 Å². The van der Waals surface area contributed by atoms with Crippen molar-refractivity contribution in [1.29, 1.82) is 0 Å². The Balaban J connectivity index is 1.14. The normalized spacial score (nSPS) is 12.9. The highest BCUT2D eigenvalue weighted by Crippen LogP contribution is 2.53. The standard InChI is InChI=1S/C50H35N3/c1-50(2)43-23-11-22-40(48(43)42-29-33-15-6-7-16-34(33)30-44(42)50)35-17-10-18-38(27-35)46-31-47(53-49(52-46)32-13-4-3-5-14-32)41-21-9-8-20-39(41)36-24-25-45-37(28-36)19-12-26-51-45/h3-31H,1-2H3. The first kappa shape index (κ1) is 31.1. The number of fused-ring (bicyclic) bond motifs is 5. The Labute approximate surface area is 309 Å². The molecule has 0 unspecified atom stereocenters. The van der Waals surface area contributed by atoms with Crippen molar-refractivity contribution >= 4 is 21.7 Å². The van der Waals surface area contributed by atoms with E-state index in [1.165, 1.54) is 44.2 Å². The number of nitrogens with zero attached hydrogens (tertiary/aromatic N) is 3. The number of pyridine rings is 1. The third-order valence-electron chi connectivity index (χ3n) is 10.9. The smallest absolute Gasteiger partial charge is 0.160 e. The summed E-state index contributed by atoms with van der Waals surface area (Å²) < 4.78 is 0. The average molecular weight is 678 g/mol. The van der Waals surface area contributed by atoms with Gasteiger partial charge in [-0.3, -0.25) is 4.98 Å². The van der Waals surface area contributed by atoms with E-state index in [1.54, 1.807) is 0 Å². The zero-order chi connectivity index (χ0) is 35.5. The van der Waals surface area contributed by atoms with Gasteiger partial charge in [-0.25, -0.2) is 9.97 Å². The van der Waals surface area contributed by atoms with Crippen LogP contribution in [0.2, 0.25) is 0 Å². The summed E-state index contributed by atoms with van der Waals surface area (Å²) in [5.74, 6) is 0.698. The molecule has 0 amide bonds. The highest BCUT2D eigenvalue weighted by Gasteiger charge is 2.37. The molecule has 0 radical (unpaired) electrons. The van der Waals surface area contributed by atoms with E-state index >= 15 is 0 Å². The Kier molecular flexibility index (Phi) is 7.16. The van der Waals surface area contributed by atoms with Gasteiger partial charge in [-0.05, 0) is 97.7 Å². The molecule has 250 valence electrons. The molecule has 0 aliphatic heterocycles. The van der Waals surface area contributed by atoms with Crippen LogP contribution < -0.4 is 0 Å². The maximum Gasteiger partial charge on any atom is 0.160 e. The predicted octanol–water partition coefficient (Wildman–Crippen LogP) is 12.8. The summed E-state index contributed by atoms with van der Waals surface area (Å²) in [7, 11) is 0. The van der Waals surface area contributed by atoms with Gasteiger partial charge in [-0.15, -0.1) is 0 Å². The first-order valence-electron chi connectivity index (χ1n) is 18.2. The molecule has 53 heavy (non-hydrogen) atoms. The Bertz CT molecular complexity index is 2870. The molecule has 0 spiro atoms. The van der Waals surface area contributed by atoms with E-state index in [-0.39, 0.29) is 5.41 Å². The summed E-state index contributed by atoms with van der Waals surface area (Å²) in [6.45, 7) is 4.71. The summed E-state index contributed by atoms with van der Waals surface area (Å²) in [6, 6.07) is 60.6. The molecule has 3 heteroatoms. The molecule has 2 heterocycles. The first-order valence-corrected chi connectivity index (χ1v) is 18.2. The highest BCUT2D eigenvalue weighted by molar-refractivity contribution is 5.99. The monoisotopic (exact) mass is 677 g/mol. The van der Waals surface area contributed by atoms with Gasteiger partial charge in [0.2, 0.25) is 0 Å². The number of rotatable bonds is 5. The molecular formula is C50H35N3. The molecule has 7 aromatic carbocycles. The molecule has 1 aliphatic carbocycles.